The number of aliphatic hydroxyl groups is 2. The number of rotatable bonds is 4. The maximum absolute atomic E-state index is 11.5. The number of carbonyl (C=O) groups is 1. The van der Waals surface area contributed by atoms with Crippen LogP contribution in [0.1, 0.15) is 12.0 Å². The first kappa shape index (κ1) is 16.3. The number of hydrogen-bond donors (Lipinski definition) is 4. The molecule has 0 radical (unpaired) electrons. The molecule has 0 aliphatic heterocycles. The highest BCUT2D eigenvalue weighted by Gasteiger charge is 2.15. The van der Waals surface area contributed by atoms with Crippen molar-refractivity contribution in [1.29, 1.82) is 0 Å². The quantitative estimate of drug-likeness (QED) is 0.294. The fourth-order valence-corrected chi connectivity index (χ4v) is 1.93. The molecule has 0 amide bonds. The van der Waals surface area contributed by atoms with Crippen molar-refractivity contribution in [2.24, 2.45) is 5.92 Å². The standard InChI is InChI=1S/C17H16O6/c18-13-6-4-11(8-15(13)20)2-1-3-17(22)23-10-12-5-7-14(19)16(21)9-12/h2-4,6-9,12,18-21H,5,10H2. The number of phenolic OH excluding ortho intramolecular Hbond substituents is 2. The number of aliphatic hydroxyl groups excluding tert-OH is 2. The van der Waals surface area contributed by atoms with Crippen molar-refractivity contribution in [3.63, 3.8) is 0 Å². The molecule has 1 aliphatic carbocycles. The molecule has 6 nitrogen and oxygen atoms in total. The number of benzene rings is 1. The number of esters is 1. The Labute approximate surface area is 132 Å². The summed E-state index contributed by atoms with van der Waals surface area (Å²) in [6, 6.07) is 4.21. The zero-order valence-electron chi connectivity index (χ0n) is 12.1. The van der Waals surface area contributed by atoms with E-state index >= 15 is 0 Å². The molecule has 23 heavy (non-hydrogen) atoms. The lowest BCUT2D eigenvalue weighted by molar-refractivity contribution is -0.138. The Bertz CT molecular complexity index is 723. The van der Waals surface area contributed by atoms with Crippen molar-refractivity contribution in [3.05, 3.63) is 59.2 Å². The Morgan fingerprint density at radius 1 is 1.22 bits per heavy atom. The highest BCUT2D eigenvalue weighted by molar-refractivity contribution is 5.82. The van der Waals surface area contributed by atoms with Gasteiger partial charge in [0.05, 0.1) is 12.7 Å². The van der Waals surface area contributed by atoms with Crippen LogP contribution in [0.5, 0.6) is 11.5 Å². The van der Waals surface area contributed by atoms with E-state index in [2.05, 4.69) is 5.73 Å². The molecule has 1 atom stereocenters. The fraction of sp³-hybridized carbons (Fsp3) is 0.176. The summed E-state index contributed by atoms with van der Waals surface area (Å²) in [7, 11) is 0. The molecule has 1 aliphatic rings. The summed E-state index contributed by atoms with van der Waals surface area (Å²) >= 11 is 0. The average Bonchev–Trinajstić information content (AvgIpc) is 2.52. The van der Waals surface area contributed by atoms with Gasteiger partial charge in [-0.3, -0.25) is 0 Å². The number of allylic oxidation sites excluding steroid dienone is 1. The van der Waals surface area contributed by atoms with Gasteiger partial charge < -0.3 is 25.2 Å². The summed E-state index contributed by atoms with van der Waals surface area (Å²) in [5.41, 5.74) is 3.18. The molecule has 0 bridgehead atoms. The van der Waals surface area contributed by atoms with Crippen LogP contribution in [0.4, 0.5) is 0 Å². The van der Waals surface area contributed by atoms with E-state index < -0.39 is 5.97 Å². The third-order valence-corrected chi connectivity index (χ3v) is 3.16. The Hall–Kier alpha value is -3.11. The molecular weight excluding hydrogens is 300 g/mol. The third kappa shape index (κ3) is 4.69. The first-order valence-electron chi connectivity index (χ1n) is 6.87. The second-order valence-corrected chi connectivity index (χ2v) is 4.97. The Morgan fingerprint density at radius 2 is 2.00 bits per heavy atom. The normalized spacial score (nSPS) is 16.6. The van der Waals surface area contributed by atoms with Gasteiger partial charge >= 0.3 is 5.97 Å². The molecule has 0 fully saturated rings. The highest BCUT2D eigenvalue weighted by Crippen LogP contribution is 2.25. The van der Waals surface area contributed by atoms with E-state index in [-0.39, 0.29) is 35.5 Å². The van der Waals surface area contributed by atoms with Crippen LogP contribution in [0.2, 0.25) is 0 Å². The van der Waals surface area contributed by atoms with Crippen LogP contribution in [0.15, 0.2) is 53.7 Å². The van der Waals surface area contributed by atoms with E-state index in [1.165, 1.54) is 30.4 Å². The largest absolute Gasteiger partial charge is 0.504 e. The van der Waals surface area contributed by atoms with Gasteiger partial charge in [-0.2, -0.15) is 0 Å². The van der Waals surface area contributed by atoms with Crippen LogP contribution >= 0.6 is 0 Å². The summed E-state index contributed by atoms with van der Waals surface area (Å²) in [6.07, 6.45) is 5.91. The highest BCUT2D eigenvalue weighted by atomic mass is 16.5. The number of aromatic hydroxyl groups is 2. The van der Waals surface area contributed by atoms with Gasteiger partial charge in [-0.1, -0.05) is 6.07 Å². The number of carbonyl (C=O) groups excluding carboxylic acids is 1. The molecule has 120 valence electrons. The van der Waals surface area contributed by atoms with E-state index in [4.69, 9.17) is 4.74 Å². The minimum absolute atomic E-state index is 0.0743. The van der Waals surface area contributed by atoms with Gasteiger partial charge in [0.1, 0.15) is 0 Å². The summed E-state index contributed by atoms with van der Waals surface area (Å²) in [4.78, 5) is 11.5. The molecule has 0 saturated carbocycles. The first-order chi connectivity index (χ1) is 11.0. The molecule has 2 rings (SSSR count). The van der Waals surface area contributed by atoms with E-state index in [9.17, 15) is 25.2 Å². The van der Waals surface area contributed by atoms with Crippen LogP contribution < -0.4 is 0 Å². The molecule has 0 aromatic heterocycles. The van der Waals surface area contributed by atoms with Crippen LogP contribution in [0.25, 0.3) is 6.08 Å². The van der Waals surface area contributed by atoms with Gasteiger partial charge in [-0.15, -0.1) is 5.73 Å². The second kappa shape index (κ2) is 7.24. The molecule has 1 unspecified atom stereocenters. The Kier molecular flexibility index (Phi) is 5.12. The summed E-state index contributed by atoms with van der Waals surface area (Å²) in [6.45, 7) is 0.0743. The molecule has 6 heteroatoms. The fourth-order valence-electron chi connectivity index (χ4n) is 1.93. The zero-order chi connectivity index (χ0) is 16.8. The molecule has 1 aromatic rings. The zero-order valence-corrected chi connectivity index (χ0v) is 12.1. The SMILES string of the molecule is O=C(C=C=Cc1ccc(O)c(O)c1)OCC1C=C(O)C(O)=CC1. The van der Waals surface area contributed by atoms with Crippen molar-refractivity contribution < 1.29 is 30.0 Å². The topological polar surface area (TPSA) is 107 Å². The van der Waals surface area contributed by atoms with Crippen LogP contribution in [-0.4, -0.2) is 33.0 Å². The Balaban J connectivity index is 1.87. The van der Waals surface area contributed by atoms with Gasteiger partial charge in [0.25, 0.3) is 0 Å². The van der Waals surface area contributed by atoms with Gasteiger partial charge in [0.2, 0.25) is 0 Å². The van der Waals surface area contributed by atoms with Crippen molar-refractivity contribution in [3.8, 4) is 11.5 Å². The molecule has 1 aromatic carbocycles. The first-order valence-corrected chi connectivity index (χ1v) is 6.87. The summed E-state index contributed by atoms with van der Waals surface area (Å²) in [5, 5.41) is 37.1. The van der Waals surface area contributed by atoms with Crippen LogP contribution in [0, 0.1) is 5.92 Å². The predicted molar refractivity (Wildman–Crippen MR) is 82.8 cm³/mol. The van der Waals surface area contributed by atoms with Crippen molar-refractivity contribution >= 4 is 12.0 Å². The second-order valence-electron chi connectivity index (χ2n) is 4.97. The molecule has 0 heterocycles. The van der Waals surface area contributed by atoms with Gasteiger partial charge in [0.15, 0.2) is 23.0 Å². The molecular formula is C17H16O6. The number of ether oxygens (including phenoxy) is 1. The Morgan fingerprint density at radius 3 is 2.70 bits per heavy atom. The van der Waals surface area contributed by atoms with Crippen LogP contribution in [-0.2, 0) is 9.53 Å². The van der Waals surface area contributed by atoms with E-state index in [1.807, 2.05) is 0 Å². The van der Waals surface area contributed by atoms with Crippen LogP contribution in [0.3, 0.4) is 0 Å². The lowest BCUT2D eigenvalue weighted by Crippen LogP contribution is -2.13. The molecule has 0 spiro atoms. The third-order valence-electron chi connectivity index (χ3n) is 3.16. The number of hydrogen-bond acceptors (Lipinski definition) is 6. The maximum Gasteiger partial charge on any atom is 0.338 e. The van der Waals surface area contributed by atoms with Crippen molar-refractivity contribution in [2.45, 2.75) is 6.42 Å². The molecule has 0 saturated heterocycles. The predicted octanol–water partition coefficient (Wildman–Crippen LogP) is 2.71. The summed E-state index contributed by atoms with van der Waals surface area (Å²) < 4.78 is 5.01. The monoisotopic (exact) mass is 316 g/mol. The van der Waals surface area contributed by atoms with E-state index in [0.29, 0.717) is 12.0 Å². The van der Waals surface area contributed by atoms with E-state index in [0.717, 1.165) is 6.08 Å². The summed E-state index contributed by atoms with van der Waals surface area (Å²) in [5.74, 6) is -1.68. The van der Waals surface area contributed by atoms with Crippen molar-refractivity contribution in [1.82, 2.24) is 0 Å². The average molecular weight is 316 g/mol. The smallest absolute Gasteiger partial charge is 0.338 e. The van der Waals surface area contributed by atoms with Crippen molar-refractivity contribution in [2.75, 3.05) is 6.61 Å². The van der Waals surface area contributed by atoms with Gasteiger partial charge in [-0.05, 0) is 42.3 Å². The minimum atomic E-state index is -0.601. The van der Waals surface area contributed by atoms with Gasteiger partial charge in [0, 0.05) is 5.92 Å². The lowest BCUT2D eigenvalue weighted by Gasteiger charge is -2.15. The minimum Gasteiger partial charge on any atom is -0.504 e. The van der Waals surface area contributed by atoms with Gasteiger partial charge in [-0.25, -0.2) is 4.79 Å². The maximum atomic E-state index is 11.5. The molecule has 4 N–H and O–H groups in total. The number of phenols is 2. The van der Waals surface area contributed by atoms with E-state index in [1.54, 1.807) is 6.07 Å². The lowest BCUT2D eigenvalue weighted by atomic mass is 10.00.